The zero-order valence-electron chi connectivity index (χ0n) is 11.8. The number of rotatable bonds is 2. The van der Waals surface area contributed by atoms with Crippen LogP contribution < -0.4 is 5.73 Å². The first-order valence-electron chi connectivity index (χ1n) is 6.70. The zero-order valence-corrected chi connectivity index (χ0v) is 13.4. The third kappa shape index (κ3) is 3.06. The first-order chi connectivity index (χ1) is 10.5. The van der Waals surface area contributed by atoms with Gasteiger partial charge in [-0.25, -0.2) is 9.97 Å². The Hall–Kier alpha value is -2.10. The molecule has 0 atom stereocenters. The number of hydrogen-bond acceptors (Lipinski definition) is 3. The van der Waals surface area contributed by atoms with Crippen LogP contribution in [0.1, 0.15) is 5.56 Å². The number of halogens is 2. The lowest BCUT2D eigenvalue weighted by molar-refractivity contribution is 1.19. The van der Waals surface area contributed by atoms with Crippen molar-refractivity contribution < 1.29 is 0 Å². The summed E-state index contributed by atoms with van der Waals surface area (Å²) in [6.45, 7) is 2.04. The maximum Gasteiger partial charge on any atom is 0.221 e. The lowest BCUT2D eigenvalue weighted by Crippen LogP contribution is -1.98. The summed E-state index contributed by atoms with van der Waals surface area (Å²) in [5, 5.41) is 0.986. The van der Waals surface area contributed by atoms with Crippen LogP contribution in [0.5, 0.6) is 0 Å². The summed E-state index contributed by atoms with van der Waals surface area (Å²) in [5.74, 6) is 0.222. The first kappa shape index (κ1) is 14.8. The number of benzene rings is 2. The van der Waals surface area contributed by atoms with Crippen LogP contribution in [0.4, 0.5) is 5.95 Å². The van der Waals surface area contributed by atoms with Crippen LogP contribution in [0.3, 0.4) is 0 Å². The quantitative estimate of drug-likeness (QED) is 0.719. The fourth-order valence-electron chi connectivity index (χ4n) is 2.22. The highest BCUT2D eigenvalue weighted by atomic mass is 35.5. The monoisotopic (exact) mass is 329 g/mol. The molecule has 0 amide bonds. The molecule has 0 unspecified atom stereocenters. The van der Waals surface area contributed by atoms with E-state index in [0.29, 0.717) is 15.7 Å². The van der Waals surface area contributed by atoms with E-state index >= 15 is 0 Å². The van der Waals surface area contributed by atoms with Gasteiger partial charge in [0.2, 0.25) is 5.95 Å². The van der Waals surface area contributed by atoms with Crippen molar-refractivity contribution in [2.75, 3.05) is 5.73 Å². The Kier molecular flexibility index (Phi) is 4.01. The maximum atomic E-state index is 6.07. The summed E-state index contributed by atoms with van der Waals surface area (Å²) < 4.78 is 0. The van der Waals surface area contributed by atoms with Crippen LogP contribution >= 0.6 is 23.2 Å². The zero-order chi connectivity index (χ0) is 15.7. The first-order valence-corrected chi connectivity index (χ1v) is 7.45. The van der Waals surface area contributed by atoms with Gasteiger partial charge in [0.05, 0.1) is 21.4 Å². The molecule has 2 aromatic carbocycles. The second-order valence-corrected chi connectivity index (χ2v) is 5.81. The second kappa shape index (κ2) is 5.95. The highest BCUT2D eigenvalue weighted by Gasteiger charge is 2.09. The molecule has 0 spiro atoms. The number of hydrogen-bond donors (Lipinski definition) is 1. The van der Waals surface area contributed by atoms with Gasteiger partial charge in [-0.15, -0.1) is 0 Å². The average Bonchev–Trinajstić information content (AvgIpc) is 2.49. The molecule has 3 nitrogen and oxygen atoms in total. The molecule has 0 bridgehead atoms. The molecule has 0 radical (unpaired) electrons. The van der Waals surface area contributed by atoms with E-state index in [2.05, 4.69) is 16.0 Å². The summed E-state index contributed by atoms with van der Waals surface area (Å²) in [4.78, 5) is 8.61. The highest BCUT2D eigenvalue weighted by molar-refractivity contribution is 6.42. The smallest absolute Gasteiger partial charge is 0.221 e. The molecular weight excluding hydrogens is 317 g/mol. The van der Waals surface area contributed by atoms with Gasteiger partial charge >= 0.3 is 0 Å². The van der Waals surface area contributed by atoms with Crippen molar-refractivity contribution in [2.24, 2.45) is 0 Å². The molecule has 22 heavy (non-hydrogen) atoms. The van der Waals surface area contributed by atoms with Gasteiger partial charge in [0.15, 0.2) is 0 Å². The Morgan fingerprint density at radius 3 is 2.14 bits per heavy atom. The van der Waals surface area contributed by atoms with Gasteiger partial charge in [-0.05, 0) is 31.2 Å². The van der Waals surface area contributed by atoms with Gasteiger partial charge in [0.25, 0.3) is 0 Å². The molecular formula is C17H13Cl2N3. The predicted molar refractivity (Wildman–Crippen MR) is 92.1 cm³/mol. The van der Waals surface area contributed by atoms with Crippen LogP contribution in [0.25, 0.3) is 22.5 Å². The van der Waals surface area contributed by atoms with E-state index in [1.165, 1.54) is 0 Å². The largest absolute Gasteiger partial charge is 0.368 e. The molecule has 110 valence electrons. The number of nitrogens with two attached hydrogens (primary N) is 1. The van der Waals surface area contributed by atoms with Crippen LogP contribution in [-0.2, 0) is 0 Å². The van der Waals surface area contributed by atoms with Crippen LogP contribution in [-0.4, -0.2) is 9.97 Å². The van der Waals surface area contributed by atoms with Crippen molar-refractivity contribution in [3.05, 3.63) is 64.1 Å². The molecule has 2 N–H and O–H groups in total. The molecule has 5 heteroatoms. The highest BCUT2D eigenvalue weighted by Crippen LogP contribution is 2.30. The molecule has 0 fully saturated rings. The van der Waals surface area contributed by atoms with Gasteiger partial charge in [0, 0.05) is 11.1 Å². The van der Waals surface area contributed by atoms with Gasteiger partial charge in [-0.1, -0.05) is 53.0 Å². The summed E-state index contributed by atoms with van der Waals surface area (Å²) in [5.41, 5.74) is 10.3. The number of nitrogens with zero attached hydrogens (tertiary/aromatic N) is 2. The van der Waals surface area contributed by atoms with Crippen molar-refractivity contribution in [3.8, 4) is 22.5 Å². The number of aryl methyl sites for hydroxylation is 1. The molecule has 3 rings (SSSR count). The minimum atomic E-state index is 0.222. The van der Waals surface area contributed by atoms with Crippen molar-refractivity contribution >= 4 is 29.2 Å². The molecule has 1 aromatic heterocycles. The minimum absolute atomic E-state index is 0.222. The van der Waals surface area contributed by atoms with Crippen molar-refractivity contribution in [1.82, 2.24) is 9.97 Å². The van der Waals surface area contributed by atoms with Crippen LogP contribution in [0.15, 0.2) is 48.5 Å². The number of anilines is 1. The SMILES string of the molecule is Cc1cccc(-c2cc(-c3ccc(Cl)c(Cl)c3)nc(N)n2)c1. The minimum Gasteiger partial charge on any atom is -0.368 e. The van der Waals surface area contributed by atoms with E-state index in [0.717, 1.165) is 22.4 Å². The van der Waals surface area contributed by atoms with E-state index < -0.39 is 0 Å². The van der Waals surface area contributed by atoms with Gasteiger partial charge in [-0.2, -0.15) is 0 Å². The van der Waals surface area contributed by atoms with Gasteiger partial charge in [-0.3, -0.25) is 0 Å². The Bertz CT molecular complexity index is 847. The predicted octanol–water partition coefficient (Wildman–Crippen LogP) is 5.01. The molecule has 0 aliphatic rings. The van der Waals surface area contributed by atoms with E-state index in [-0.39, 0.29) is 5.95 Å². The maximum absolute atomic E-state index is 6.07. The average molecular weight is 330 g/mol. The number of aromatic nitrogens is 2. The van der Waals surface area contributed by atoms with Crippen LogP contribution in [0.2, 0.25) is 10.0 Å². The normalized spacial score (nSPS) is 10.7. The lowest BCUT2D eigenvalue weighted by Gasteiger charge is -2.08. The Labute approximate surface area is 138 Å². The van der Waals surface area contributed by atoms with Crippen molar-refractivity contribution in [3.63, 3.8) is 0 Å². The van der Waals surface area contributed by atoms with Crippen molar-refractivity contribution in [2.45, 2.75) is 6.92 Å². The lowest BCUT2D eigenvalue weighted by atomic mass is 10.1. The van der Waals surface area contributed by atoms with Gasteiger partial charge < -0.3 is 5.73 Å². The van der Waals surface area contributed by atoms with Crippen LogP contribution in [0, 0.1) is 6.92 Å². The Morgan fingerprint density at radius 2 is 1.50 bits per heavy atom. The van der Waals surface area contributed by atoms with E-state index in [4.69, 9.17) is 28.9 Å². The fraction of sp³-hybridized carbons (Fsp3) is 0.0588. The van der Waals surface area contributed by atoms with E-state index in [1.54, 1.807) is 12.1 Å². The van der Waals surface area contributed by atoms with Crippen molar-refractivity contribution in [1.29, 1.82) is 0 Å². The Morgan fingerprint density at radius 1 is 0.818 bits per heavy atom. The van der Waals surface area contributed by atoms with E-state index in [9.17, 15) is 0 Å². The molecule has 0 aliphatic heterocycles. The third-order valence-electron chi connectivity index (χ3n) is 3.27. The second-order valence-electron chi connectivity index (χ2n) is 4.99. The summed E-state index contributed by atoms with van der Waals surface area (Å²) in [6, 6.07) is 15.3. The fourth-order valence-corrected chi connectivity index (χ4v) is 2.52. The Balaban J connectivity index is 2.12. The summed E-state index contributed by atoms with van der Waals surface area (Å²) >= 11 is 12.0. The molecule has 0 aliphatic carbocycles. The van der Waals surface area contributed by atoms with E-state index in [1.807, 2.05) is 37.3 Å². The summed E-state index contributed by atoms with van der Waals surface area (Å²) in [7, 11) is 0. The number of nitrogen functional groups attached to an aromatic ring is 1. The molecule has 3 aromatic rings. The topological polar surface area (TPSA) is 51.8 Å². The molecule has 0 saturated heterocycles. The molecule has 0 saturated carbocycles. The van der Waals surface area contributed by atoms with Gasteiger partial charge in [0.1, 0.15) is 0 Å². The summed E-state index contributed by atoms with van der Waals surface area (Å²) in [6.07, 6.45) is 0. The molecule has 1 heterocycles. The third-order valence-corrected chi connectivity index (χ3v) is 4.01. The standard InChI is InChI=1S/C17H13Cl2N3/c1-10-3-2-4-11(7-10)15-9-16(22-17(20)21-15)12-5-6-13(18)14(19)8-12/h2-9H,1H3,(H2,20,21,22).